The fourth-order valence-corrected chi connectivity index (χ4v) is 5.31. The number of hydrogen-bond acceptors (Lipinski definition) is 5. The Kier molecular flexibility index (Phi) is 5.40. The van der Waals surface area contributed by atoms with Crippen LogP contribution < -0.4 is 10.2 Å². The molecule has 2 bridgehead atoms. The number of rotatable bonds is 5. The van der Waals surface area contributed by atoms with Crippen LogP contribution in [-0.4, -0.2) is 30.3 Å². The third kappa shape index (κ3) is 3.78. The average molecular weight is 509 g/mol. The fourth-order valence-electron chi connectivity index (χ4n) is 5.06. The summed E-state index contributed by atoms with van der Waals surface area (Å²) in [5.41, 5.74) is 2.07. The van der Waals surface area contributed by atoms with Crippen LogP contribution in [0.5, 0.6) is 0 Å². The van der Waals surface area contributed by atoms with E-state index < -0.39 is 18.5 Å². The minimum Gasteiger partial charge on any atom is -0.452 e. The van der Waals surface area contributed by atoms with E-state index in [2.05, 4.69) is 21.2 Å². The number of hydrogen-bond donors (Lipinski definition) is 1. The van der Waals surface area contributed by atoms with Crippen LogP contribution >= 0.6 is 15.9 Å². The van der Waals surface area contributed by atoms with Crippen LogP contribution in [0.2, 0.25) is 0 Å². The standard InChI is InChI=1S/C25H21BrN2O5/c1-13-9-17(7-8-19(13)26)27-20(29)12-33-25(32)16-3-2-4-18(11-16)28-23(30)21-14-5-6-15(10-14)22(21)24(28)31/h2-9,11,14-15,21-22H,10,12H2,1H3,(H,27,29)/t14-,15-,21+,22+/m0/s1. The minimum absolute atomic E-state index is 0.114. The van der Waals surface area contributed by atoms with Gasteiger partial charge in [-0.1, -0.05) is 34.1 Å². The minimum atomic E-state index is -0.708. The zero-order valence-electron chi connectivity index (χ0n) is 17.8. The highest BCUT2D eigenvalue weighted by atomic mass is 79.9. The molecule has 2 aromatic rings. The second kappa shape index (κ2) is 8.26. The van der Waals surface area contributed by atoms with Gasteiger partial charge in [-0.25, -0.2) is 9.69 Å². The normalized spacial score (nSPS) is 24.8. The Labute approximate surface area is 198 Å². The fraction of sp³-hybridized carbons (Fsp3) is 0.280. The zero-order valence-corrected chi connectivity index (χ0v) is 19.4. The number of benzene rings is 2. The molecule has 2 aromatic carbocycles. The third-order valence-corrected chi connectivity index (χ3v) is 7.48. The van der Waals surface area contributed by atoms with E-state index in [4.69, 9.17) is 4.74 Å². The molecule has 168 valence electrons. The number of amides is 3. The van der Waals surface area contributed by atoms with Gasteiger partial charge in [0.25, 0.3) is 5.91 Å². The Morgan fingerprint density at radius 1 is 1.06 bits per heavy atom. The zero-order chi connectivity index (χ0) is 23.3. The number of ether oxygens (including phenoxy) is 1. The number of allylic oxidation sites excluding steroid dienone is 2. The first-order chi connectivity index (χ1) is 15.8. The predicted octanol–water partition coefficient (Wildman–Crippen LogP) is 3.86. The van der Waals surface area contributed by atoms with Crippen LogP contribution in [0.3, 0.4) is 0 Å². The summed E-state index contributed by atoms with van der Waals surface area (Å²) in [5, 5.41) is 2.68. The number of carbonyl (C=O) groups is 4. The number of nitrogens with zero attached hydrogens (tertiary/aromatic N) is 1. The maximum Gasteiger partial charge on any atom is 0.338 e. The van der Waals surface area contributed by atoms with Crippen LogP contribution in [0, 0.1) is 30.6 Å². The second-order valence-corrected chi connectivity index (χ2v) is 9.50. The molecule has 33 heavy (non-hydrogen) atoms. The van der Waals surface area contributed by atoms with Gasteiger partial charge in [0.05, 0.1) is 23.1 Å². The predicted molar refractivity (Wildman–Crippen MR) is 124 cm³/mol. The largest absolute Gasteiger partial charge is 0.452 e. The van der Waals surface area contributed by atoms with E-state index in [0.29, 0.717) is 11.4 Å². The van der Waals surface area contributed by atoms with E-state index in [1.54, 1.807) is 24.3 Å². The van der Waals surface area contributed by atoms with Gasteiger partial charge < -0.3 is 10.1 Å². The molecule has 4 atom stereocenters. The number of halogens is 1. The smallest absolute Gasteiger partial charge is 0.338 e. The van der Waals surface area contributed by atoms with Crippen molar-refractivity contribution in [2.24, 2.45) is 23.7 Å². The Morgan fingerprint density at radius 3 is 2.42 bits per heavy atom. The van der Waals surface area contributed by atoms with E-state index in [1.807, 2.05) is 25.1 Å². The van der Waals surface area contributed by atoms with Crippen molar-refractivity contribution in [1.82, 2.24) is 0 Å². The Balaban J connectivity index is 1.24. The summed E-state index contributed by atoms with van der Waals surface area (Å²) in [4.78, 5) is 51.9. The molecule has 5 rings (SSSR count). The van der Waals surface area contributed by atoms with Gasteiger partial charge in [-0.05, 0) is 67.1 Å². The summed E-state index contributed by atoms with van der Waals surface area (Å²) >= 11 is 3.40. The molecule has 2 aliphatic carbocycles. The Morgan fingerprint density at radius 2 is 1.76 bits per heavy atom. The average Bonchev–Trinajstić information content (AvgIpc) is 3.48. The first-order valence-electron chi connectivity index (χ1n) is 10.7. The highest BCUT2D eigenvalue weighted by Crippen LogP contribution is 2.53. The molecule has 1 saturated carbocycles. The molecule has 0 aromatic heterocycles. The Hall–Kier alpha value is -3.26. The maximum absolute atomic E-state index is 13.0. The van der Waals surface area contributed by atoms with Crippen molar-refractivity contribution in [2.75, 3.05) is 16.8 Å². The number of carbonyl (C=O) groups excluding carboxylic acids is 4. The molecule has 3 aliphatic rings. The van der Waals surface area contributed by atoms with Crippen LogP contribution in [0.4, 0.5) is 11.4 Å². The van der Waals surface area contributed by atoms with E-state index in [1.165, 1.54) is 17.0 Å². The van der Waals surface area contributed by atoms with Gasteiger partial charge in [-0.2, -0.15) is 0 Å². The molecule has 3 amide bonds. The highest BCUT2D eigenvalue weighted by molar-refractivity contribution is 9.10. The first-order valence-corrected chi connectivity index (χ1v) is 11.5. The number of esters is 1. The molecule has 2 fully saturated rings. The van der Waals surface area contributed by atoms with Crippen molar-refractivity contribution in [2.45, 2.75) is 13.3 Å². The van der Waals surface area contributed by atoms with Crippen molar-refractivity contribution < 1.29 is 23.9 Å². The van der Waals surface area contributed by atoms with Crippen LogP contribution in [0.1, 0.15) is 22.3 Å². The number of fused-ring (bicyclic) bond motifs is 5. The molecule has 1 saturated heterocycles. The van der Waals surface area contributed by atoms with Crippen LogP contribution in [0.25, 0.3) is 0 Å². The van der Waals surface area contributed by atoms with Crippen molar-refractivity contribution in [3.63, 3.8) is 0 Å². The topological polar surface area (TPSA) is 92.8 Å². The van der Waals surface area contributed by atoms with Crippen molar-refractivity contribution in [3.8, 4) is 0 Å². The first kappa shape index (κ1) is 21.6. The van der Waals surface area contributed by atoms with Gasteiger partial charge in [-0.3, -0.25) is 14.4 Å². The van der Waals surface area contributed by atoms with Gasteiger partial charge in [-0.15, -0.1) is 0 Å². The molecule has 0 unspecified atom stereocenters. The van der Waals surface area contributed by atoms with Crippen molar-refractivity contribution in [1.29, 1.82) is 0 Å². The summed E-state index contributed by atoms with van der Waals surface area (Å²) in [6.45, 7) is 1.44. The highest BCUT2D eigenvalue weighted by Gasteiger charge is 2.59. The molecule has 0 radical (unpaired) electrons. The SMILES string of the molecule is Cc1cc(NC(=O)COC(=O)c2cccc(N3C(=O)[C@H]4[C@H](C3=O)[C@H]3C=C[C@H]4C3)c2)ccc1Br. The van der Waals surface area contributed by atoms with Gasteiger partial charge in [0.2, 0.25) is 11.8 Å². The van der Waals surface area contributed by atoms with Crippen LogP contribution in [-0.2, 0) is 19.1 Å². The molecule has 1 N–H and O–H groups in total. The van der Waals surface area contributed by atoms with Gasteiger partial charge in [0, 0.05) is 10.2 Å². The molecular weight excluding hydrogens is 488 g/mol. The molecule has 8 heteroatoms. The lowest BCUT2D eigenvalue weighted by Crippen LogP contribution is -2.33. The molecule has 1 aliphatic heterocycles. The second-order valence-electron chi connectivity index (χ2n) is 8.65. The summed E-state index contributed by atoms with van der Waals surface area (Å²) < 4.78 is 6.07. The lowest BCUT2D eigenvalue weighted by atomic mass is 9.85. The van der Waals surface area contributed by atoms with Gasteiger partial charge in [0.1, 0.15) is 0 Å². The number of anilines is 2. The Bertz CT molecular complexity index is 1190. The van der Waals surface area contributed by atoms with E-state index in [-0.39, 0.29) is 41.0 Å². The van der Waals surface area contributed by atoms with E-state index >= 15 is 0 Å². The quantitative estimate of drug-likeness (QED) is 0.376. The maximum atomic E-state index is 13.0. The summed E-state index contributed by atoms with van der Waals surface area (Å²) in [6.07, 6.45) is 4.93. The van der Waals surface area contributed by atoms with Gasteiger partial charge >= 0.3 is 5.97 Å². The van der Waals surface area contributed by atoms with Gasteiger partial charge in [0.15, 0.2) is 6.61 Å². The summed E-state index contributed by atoms with van der Waals surface area (Å²) in [7, 11) is 0. The lowest BCUT2D eigenvalue weighted by molar-refractivity contribution is -0.123. The molecule has 1 heterocycles. The van der Waals surface area contributed by atoms with E-state index in [0.717, 1.165) is 16.5 Å². The number of nitrogens with one attached hydrogen (secondary N) is 1. The molecule has 7 nitrogen and oxygen atoms in total. The summed E-state index contributed by atoms with van der Waals surface area (Å²) in [6, 6.07) is 11.6. The lowest BCUT2D eigenvalue weighted by Gasteiger charge is -2.18. The summed E-state index contributed by atoms with van der Waals surface area (Å²) in [5.74, 6) is -2.00. The monoisotopic (exact) mass is 508 g/mol. The van der Waals surface area contributed by atoms with Crippen LogP contribution in [0.15, 0.2) is 59.1 Å². The number of aryl methyl sites for hydroxylation is 1. The molecular formula is C25H21BrN2O5. The van der Waals surface area contributed by atoms with Crippen molar-refractivity contribution >= 4 is 51.0 Å². The van der Waals surface area contributed by atoms with E-state index in [9.17, 15) is 19.2 Å². The molecule has 0 spiro atoms. The van der Waals surface area contributed by atoms with Crippen molar-refractivity contribution in [3.05, 3.63) is 70.2 Å². The third-order valence-electron chi connectivity index (χ3n) is 6.59. The number of imide groups is 1.